The summed E-state index contributed by atoms with van der Waals surface area (Å²) in [5.41, 5.74) is 1.47. The summed E-state index contributed by atoms with van der Waals surface area (Å²) in [7, 11) is 0. The molecule has 13 heavy (non-hydrogen) atoms. The van der Waals surface area contributed by atoms with Crippen LogP contribution in [0, 0.1) is 11.3 Å². The molecule has 1 aliphatic heterocycles. The molecule has 2 rings (SSSR count). The lowest BCUT2D eigenvalue weighted by atomic mass is 9.77. The molecule has 1 heterocycles. The van der Waals surface area contributed by atoms with Gasteiger partial charge in [0, 0.05) is 11.3 Å². The number of rotatable bonds is 0. The highest BCUT2D eigenvalue weighted by molar-refractivity contribution is 5.93. The third kappa shape index (κ3) is 1.27. The van der Waals surface area contributed by atoms with Gasteiger partial charge in [-0.15, -0.1) is 0 Å². The van der Waals surface area contributed by atoms with E-state index in [4.69, 9.17) is 4.84 Å². The maximum absolute atomic E-state index is 5.59. The van der Waals surface area contributed by atoms with E-state index in [9.17, 15) is 0 Å². The fourth-order valence-electron chi connectivity index (χ4n) is 2.55. The first kappa shape index (κ1) is 9.04. The van der Waals surface area contributed by atoms with Crippen molar-refractivity contribution in [3.63, 3.8) is 0 Å². The zero-order chi connectivity index (χ0) is 9.69. The summed E-state index contributed by atoms with van der Waals surface area (Å²) in [6.45, 7) is 8.87. The Morgan fingerprint density at radius 2 is 2.15 bits per heavy atom. The van der Waals surface area contributed by atoms with E-state index in [2.05, 4.69) is 32.9 Å². The van der Waals surface area contributed by atoms with Crippen molar-refractivity contribution >= 4 is 5.71 Å². The molecule has 0 radical (unpaired) electrons. The second kappa shape index (κ2) is 2.49. The standard InChI is InChI=1S/C11H19NO/c1-10(2,3)9-8-6-5-7-11(8,4)13-12-9/h8H,5-7H2,1-4H3. The van der Waals surface area contributed by atoms with Gasteiger partial charge in [-0.3, -0.25) is 0 Å². The molecule has 0 spiro atoms. The fourth-order valence-corrected chi connectivity index (χ4v) is 2.55. The van der Waals surface area contributed by atoms with Crippen LogP contribution in [0.5, 0.6) is 0 Å². The normalized spacial score (nSPS) is 38.5. The van der Waals surface area contributed by atoms with Crippen LogP contribution in [0.25, 0.3) is 0 Å². The molecule has 1 aliphatic carbocycles. The molecule has 0 N–H and O–H groups in total. The van der Waals surface area contributed by atoms with Gasteiger partial charge in [-0.2, -0.15) is 0 Å². The number of nitrogens with zero attached hydrogens (tertiary/aromatic N) is 1. The Morgan fingerprint density at radius 1 is 1.46 bits per heavy atom. The summed E-state index contributed by atoms with van der Waals surface area (Å²) >= 11 is 0. The first-order valence-corrected chi connectivity index (χ1v) is 5.20. The van der Waals surface area contributed by atoms with E-state index < -0.39 is 0 Å². The Kier molecular flexibility index (Phi) is 1.73. The topological polar surface area (TPSA) is 21.6 Å². The number of hydrogen-bond acceptors (Lipinski definition) is 2. The van der Waals surface area contributed by atoms with Gasteiger partial charge >= 0.3 is 0 Å². The predicted octanol–water partition coefficient (Wildman–Crippen LogP) is 2.98. The predicted molar refractivity (Wildman–Crippen MR) is 53.7 cm³/mol. The van der Waals surface area contributed by atoms with E-state index in [1.165, 1.54) is 25.0 Å². The van der Waals surface area contributed by atoms with Crippen LogP contribution in [-0.2, 0) is 4.84 Å². The average molecular weight is 181 g/mol. The molecule has 1 fully saturated rings. The summed E-state index contributed by atoms with van der Waals surface area (Å²) in [4.78, 5) is 5.59. The van der Waals surface area contributed by atoms with Gasteiger partial charge in [-0.25, -0.2) is 0 Å². The number of fused-ring (bicyclic) bond motifs is 1. The molecule has 0 aromatic heterocycles. The van der Waals surface area contributed by atoms with E-state index in [1.807, 2.05) is 0 Å². The molecule has 0 aromatic carbocycles. The molecule has 74 valence electrons. The van der Waals surface area contributed by atoms with Gasteiger partial charge in [0.15, 0.2) is 0 Å². The summed E-state index contributed by atoms with van der Waals surface area (Å²) in [6.07, 6.45) is 3.71. The average Bonchev–Trinajstić information content (AvgIpc) is 2.40. The van der Waals surface area contributed by atoms with Crippen LogP contribution >= 0.6 is 0 Å². The highest BCUT2D eigenvalue weighted by Gasteiger charge is 2.50. The molecule has 2 atom stereocenters. The first-order chi connectivity index (χ1) is 5.93. The molecule has 2 aliphatic rings. The molecule has 0 amide bonds. The summed E-state index contributed by atoms with van der Waals surface area (Å²) in [5.74, 6) is 0.576. The van der Waals surface area contributed by atoms with E-state index >= 15 is 0 Å². The van der Waals surface area contributed by atoms with Crippen molar-refractivity contribution < 1.29 is 4.84 Å². The smallest absolute Gasteiger partial charge is 0.143 e. The van der Waals surface area contributed by atoms with Crippen LogP contribution in [0.2, 0.25) is 0 Å². The van der Waals surface area contributed by atoms with Crippen LogP contribution < -0.4 is 0 Å². The minimum Gasteiger partial charge on any atom is -0.389 e. The molecule has 1 saturated carbocycles. The van der Waals surface area contributed by atoms with Crippen molar-refractivity contribution in [2.24, 2.45) is 16.5 Å². The second-order valence-electron chi connectivity index (χ2n) is 5.58. The lowest BCUT2D eigenvalue weighted by Crippen LogP contribution is -2.35. The van der Waals surface area contributed by atoms with Gasteiger partial charge in [0.05, 0.1) is 5.71 Å². The van der Waals surface area contributed by atoms with Gasteiger partial charge in [0.1, 0.15) is 5.60 Å². The van der Waals surface area contributed by atoms with Crippen molar-refractivity contribution in [1.29, 1.82) is 0 Å². The van der Waals surface area contributed by atoms with Crippen molar-refractivity contribution in [1.82, 2.24) is 0 Å². The van der Waals surface area contributed by atoms with Crippen LogP contribution in [0.1, 0.15) is 47.0 Å². The van der Waals surface area contributed by atoms with Gasteiger partial charge in [-0.05, 0) is 26.2 Å². The van der Waals surface area contributed by atoms with E-state index in [1.54, 1.807) is 0 Å². The second-order valence-corrected chi connectivity index (χ2v) is 5.58. The largest absolute Gasteiger partial charge is 0.389 e. The summed E-state index contributed by atoms with van der Waals surface area (Å²) in [5, 5.41) is 4.28. The molecule has 2 heteroatoms. The Bertz CT molecular complexity index is 251. The van der Waals surface area contributed by atoms with Crippen molar-refractivity contribution in [2.45, 2.75) is 52.6 Å². The SMILES string of the molecule is CC(C)(C)C1=NOC2(C)CCCC12. The lowest BCUT2D eigenvalue weighted by molar-refractivity contribution is -0.0163. The Hall–Kier alpha value is -0.530. The van der Waals surface area contributed by atoms with Gasteiger partial charge in [0.2, 0.25) is 0 Å². The maximum atomic E-state index is 5.59. The molecule has 2 unspecified atom stereocenters. The minimum absolute atomic E-state index is 0.0304. The third-order valence-electron chi connectivity index (χ3n) is 3.35. The molecular weight excluding hydrogens is 162 g/mol. The summed E-state index contributed by atoms with van der Waals surface area (Å²) in [6, 6.07) is 0. The van der Waals surface area contributed by atoms with Crippen molar-refractivity contribution in [3.05, 3.63) is 0 Å². The van der Waals surface area contributed by atoms with Crippen LogP contribution in [-0.4, -0.2) is 11.3 Å². The molecule has 0 saturated heterocycles. The number of oxime groups is 1. The molecular formula is C11H19NO. The molecule has 0 aromatic rings. The first-order valence-electron chi connectivity index (χ1n) is 5.20. The molecule has 2 nitrogen and oxygen atoms in total. The van der Waals surface area contributed by atoms with Crippen LogP contribution in [0.4, 0.5) is 0 Å². The highest BCUT2D eigenvalue weighted by Crippen LogP contribution is 2.46. The van der Waals surface area contributed by atoms with Gasteiger partial charge < -0.3 is 4.84 Å². The zero-order valence-electron chi connectivity index (χ0n) is 9.05. The van der Waals surface area contributed by atoms with E-state index in [0.29, 0.717) is 5.92 Å². The van der Waals surface area contributed by atoms with Gasteiger partial charge in [0.25, 0.3) is 0 Å². The Labute approximate surface area is 80.3 Å². The Morgan fingerprint density at radius 3 is 2.77 bits per heavy atom. The Balaban J connectivity index is 2.26. The minimum atomic E-state index is 0.0304. The lowest BCUT2D eigenvalue weighted by Gasteiger charge is -2.26. The van der Waals surface area contributed by atoms with Crippen LogP contribution in [0.15, 0.2) is 5.16 Å². The quantitative estimate of drug-likeness (QED) is 0.563. The third-order valence-corrected chi connectivity index (χ3v) is 3.35. The molecule has 0 bridgehead atoms. The summed E-state index contributed by atoms with van der Waals surface area (Å²) < 4.78 is 0. The van der Waals surface area contributed by atoms with E-state index in [0.717, 1.165) is 0 Å². The van der Waals surface area contributed by atoms with Crippen molar-refractivity contribution in [2.75, 3.05) is 0 Å². The maximum Gasteiger partial charge on any atom is 0.143 e. The zero-order valence-corrected chi connectivity index (χ0v) is 9.05. The number of hydrogen-bond donors (Lipinski definition) is 0. The highest BCUT2D eigenvalue weighted by atomic mass is 16.7. The van der Waals surface area contributed by atoms with Crippen LogP contribution in [0.3, 0.4) is 0 Å². The van der Waals surface area contributed by atoms with Gasteiger partial charge in [-0.1, -0.05) is 25.9 Å². The fraction of sp³-hybridized carbons (Fsp3) is 0.909. The van der Waals surface area contributed by atoms with E-state index in [-0.39, 0.29) is 11.0 Å². The monoisotopic (exact) mass is 181 g/mol. The van der Waals surface area contributed by atoms with Crippen molar-refractivity contribution in [3.8, 4) is 0 Å².